The number of benzene rings is 1. The predicted octanol–water partition coefficient (Wildman–Crippen LogP) is 2.66. The molecule has 0 aliphatic rings. The number of oxime groups is 1. The van der Waals surface area contributed by atoms with Gasteiger partial charge >= 0.3 is 0 Å². The number of ether oxygens (including phenoxy) is 1. The summed E-state index contributed by atoms with van der Waals surface area (Å²) in [7, 11) is 0. The van der Waals surface area contributed by atoms with Crippen LogP contribution < -0.4 is 4.74 Å². The van der Waals surface area contributed by atoms with E-state index in [1.807, 2.05) is 42.5 Å². The van der Waals surface area contributed by atoms with Crippen molar-refractivity contribution in [1.82, 2.24) is 4.98 Å². The molecule has 2 aromatic rings. The fourth-order valence-corrected chi connectivity index (χ4v) is 1.48. The van der Waals surface area contributed by atoms with Gasteiger partial charge in [-0.3, -0.25) is 4.98 Å². The number of para-hydroxylation sites is 1. The van der Waals surface area contributed by atoms with Gasteiger partial charge in [-0.1, -0.05) is 24.3 Å². The van der Waals surface area contributed by atoms with Gasteiger partial charge in [-0.25, -0.2) is 0 Å². The third kappa shape index (κ3) is 3.59. The van der Waals surface area contributed by atoms with Gasteiger partial charge in [0.1, 0.15) is 12.4 Å². The van der Waals surface area contributed by atoms with Gasteiger partial charge in [-0.15, -0.1) is 5.16 Å². The Hall–Kier alpha value is -2.36. The Kier molecular flexibility index (Phi) is 4.30. The van der Waals surface area contributed by atoms with Crippen LogP contribution in [0.1, 0.15) is 11.3 Å². The molecule has 0 unspecified atom stereocenters. The Balaban J connectivity index is 1.90. The monoisotopic (exact) mass is 242 g/mol. The van der Waals surface area contributed by atoms with E-state index in [0.29, 0.717) is 13.0 Å². The number of hydrogen-bond acceptors (Lipinski definition) is 4. The third-order valence-corrected chi connectivity index (χ3v) is 2.42. The van der Waals surface area contributed by atoms with Crippen molar-refractivity contribution in [3.8, 4) is 5.75 Å². The van der Waals surface area contributed by atoms with Crippen LogP contribution in [0.2, 0.25) is 0 Å². The molecule has 0 bridgehead atoms. The number of hydrogen-bond donors (Lipinski definition) is 1. The van der Waals surface area contributed by atoms with Crippen molar-refractivity contribution in [3.63, 3.8) is 0 Å². The third-order valence-electron chi connectivity index (χ3n) is 2.42. The predicted molar refractivity (Wildman–Crippen MR) is 69.0 cm³/mol. The molecule has 18 heavy (non-hydrogen) atoms. The maximum Gasteiger partial charge on any atom is 0.130 e. The Bertz CT molecular complexity index is 495. The van der Waals surface area contributed by atoms with Crippen LogP contribution in [0, 0.1) is 0 Å². The molecule has 1 N–H and O–H groups in total. The van der Waals surface area contributed by atoms with Crippen molar-refractivity contribution in [1.29, 1.82) is 0 Å². The molecule has 0 saturated heterocycles. The topological polar surface area (TPSA) is 54.7 Å². The average Bonchev–Trinajstić information content (AvgIpc) is 2.45. The second-order valence-corrected chi connectivity index (χ2v) is 3.76. The van der Waals surface area contributed by atoms with Gasteiger partial charge in [-0.2, -0.15) is 0 Å². The zero-order valence-electron chi connectivity index (χ0n) is 9.86. The first-order chi connectivity index (χ1) is 8.88. The SMILES string of the molecule is ON=CCc1ccc(COc2ccccc2)nc1. The summed E-state index contributed by atoms with van der Waals surface area (Å²) in [6.45, 7) is 0.443. The number of nitrogens with zero attached hydrogens (tertiary/aromatic N) is 2. The van der Waals surface area contributed by atoms with E-state index in [9.17, 15) is 0 Å². The standard InChI is InChI=1S/C14H14N2O2/c17-16-9-8-12-6-7-13(15-10-12)11-18-14-4-2-1-3-5-14/h1-7,9-10,17H,8,11H2. The van der Waals surface area contributed by atoms with E-state index in [0.717, 1.165) is 17.0 Å². The fourth-order valence-electron chi connectivity index (χ4n) is 1.48. The second kappa shape index (κ2) is 6.39. The first kappa shape index (κ1) is 12.1. The molecule has 0 spiro atoms. The first-order valence-corrected chi connectivity index (χ1v) is 5.66. The molecule has 0 saturated carbocycles. The van der Waals surface area contributed by atoms with E-state index < -0.39 is 0 Å². The molecule has 1 aromatic carbocycles. The maximum absolute atomic E-state index is 8.32. The van der Waals surface area contributed by atoms with Crippen molar-refractivity contribution in [2.75, 3.05) is 0 Å². The van der Waals surface area contributed by atoms with E-state index in [1.54, 1.807) is 6.20 Å². The average molecular weight is 242 g/mol. The zero-order valence-corrected chi connectivity index (χ0v) is 9.86. The lowest BCUT2D eigenvalue weighted by atomic mass is 10.2. The van der Waals surface area contributed by atoms with Gasteiger partial charge in [0.25, 0.3) is 0 Å². The quantitative estimate of drug-likeness (QED) is 0.498. The molecule has 0 fully saturated rings. The molecule has 1 aromatic heterocycles. The highest BCUT2D eigenvalue weighted by atomic mass is 16.5. The first-order valence-electron chi connectivity index (χ1n) is 5.66. The molecule has 0 atom stereocenters. The minimum atomic E-state index is 0.443. The molecule has 0 amide bonds. The second-order valence-electron chi connectivity index (χ2n) is 3.76. The van der Waals surface area contributed by atoms with Gasteiger partial charge in [0.15, 0.2) is 0 Å². The molecule has 2 rings (SSSR count). The summed E-state index contributed by atoms with van der Waals surface area (Å²) in [4.78, 5) is 4.28. The molecular formula is C14H14N2O2. The van der Waals surface area contributed by atoms with E-state index in [-0.39, 0.29) is 0 Å². The van der Waals surface area contributed by atoms with Crippen LogP contribution in [0.5, 0.6) is 5.75 Å². The summed E-state index contributed by atoms with van der Waals surface area (Å²) < 4.78 is 5.58. The molecule has 4 nitrogen and oxygen atoms in total. The van der Waals surface area contributed by atoms with Crippen molar-refractivity contribution >= 4 is 6.21 Å². The highest BCUT2D eigenvalue weighted by molar-refractivity contribution is 5.60. The van der Waals surface area contributed by atoms with Gasteiger partial charge in [0.2, 0.25) is 0 Å². The van der Waals surface area contributed by atoms with Crippen LogP contribution in [0.25, 0.3) is 0 Å². The van der Waals surface area contributed by atoms with E-state index in [4.69, 9.17) is 9.94 Å². The van der Waals surface area contributed by atoms with Gasteiger partial charge in [0, 0.05) is 18.8 Å². The van der Waals surface area contributed by atoms with Crippen LogP contribution >= 0.6 is 0 Å². The molecule has 0 aliphatic heterocycles. The van der Waals surface area contributed by atoms with Crippen LogP contribution in [0.4, 0.5) is 0 Å². The normalized spacial score (nSPS) is 10.7. The Morgan fingerprint density at radius 3 is 2.67 bits per heavy atom. The zero-order chi connectivity index (χ0) is 12.6. The summed E-state index contributed by atoms with van der Waals surface area (Å²) in [5.41, 5.74) is 1.86. The van der Waals surface area contributed by atoms with E-state index >= 15 is 0 Å². The van der Waals surface area contributed by atoms with Crippen molar-refractivity contribution in [2.45, 2.75) is 13.0 Å². The van der Waals surface area contributed by atoms with Crippen LogP contribution in [-0.2, 0) is 13.0 Å². The number of aromatic nitrogens is 1. The molecular weight excluding hydrogens is 228 g/mol. The fraction of sp³-hybridized carbons (Fsp3) is 0.143. The van der Waals surface area contributed by atoms with E-state index in [2.05, 4.69) is 10.1 Å². The summed E-state index contributed by atoms with van der Waals surface area (Å²) in [5, 5.41) is 11.3. The lowest BCUT2D eigenvalue weighted by Crippen LogP contribution is -1.99. The largest absolute Gasteiger partial charge is 0.487 e. The minimum Gasteiger partial charge on any atom is -0.487 e. The highest BCUT2D eigenvalue weighted by Gasteiger charge is 1.97. The van der Waals surface area contributed by atoms with Gasteiger partial charge < -0.3 is 9.94 Å². The Morgan fingerprint density at radius 2 is 2.00 bits per heavy atom. The Morgan fingerprint density at radius 1 is 1.17 bits per heavy atom. The van der Waals surface area contributed by atoms with Gasteiger partial charge in [0.05, 0.1) is 5.69 Å². The number of rotatable bonds is 5. The smallest absolute Gasteiger partial charge is 0.130 e. The Labute approximate surface area is 106 Å². The van der Waals surface area contributed by atoms with E-state index in [1.165, 1.54) is 6.21 Å². The molecule has 0 radical (unpaired) electrons. The van der Waals surface area contributed by atoms with Crippen molar-refractivity contribution in [3.05, 3.63) is 59.9 Å². The summed E-state index contributed by atoms with van der Waals surface area (Å²) in [5.74, 6) is 0.829. The summed E-state index contributed by atoms with van der Waals surface area (Å²) >= 11 is 0. The molecule has 0 aliphatic carbocycles. The van der Waals surface area contributed by atoms with Crippen molar-refractivity contribution < 1.29 is 9.94 Å². The minimum absolute atomic E-state index is 0.443. The van der Waals surface area contributed by atoms with Crippen LogP contribution in [-0.4, -0.2) is 16.4 Å². The maximum atomic E-state index is 8.32. The highest BCUT2D eigenvalue weighted by Crippen LogP contribution is 2.10. The lowest BCUT2D eigenvalue weighted by molar-refractivity contribution is 0.301. The molecule has 92 valence electrons. The van der Waals surface area contributed by atoms with Crippen molar-refractivity contribution in [2.24, 2.45) is 5.16 Å². The van der Waals surface area contributed by atoms with Crippen LogP contribution in [0.3, 0.4) is 0 Å². The molecule has 4 heteroatoms. The lowest BCUT2D eigenvalue weighted by Gasteiger charge is -2.05. The van der Waals surface area contributed by atoms with Gasteiger partial charge in [-0.05, 0) is 23.8 Å². The number of pyridine rings is 1. The summed E-state index contributed by atoms with van der Waals surface area (Å²) in [6, 6.07) is 13.5. The molecule has 1 heterocycles. The van der Waals surface area contributed by atoms with Crippen LogP contribution in [0.15, 0.2) is 53.8 Å². The summed E-state index contributed by atoms with van der Waals surface area (Å²) in [6.07, 6.45) is 3.76.